The zero-order valence-electron chi connectivity index (χ0n) is 11.5. The summed E-state index contributed by atoms with van der Waals surface area (Å²) in [4.78, 5) is 0. The highest BCUT2D eigenvalue weighted by Gasteiger charge is 2.39. The Morgan fingerprint density at radius 1 is 0.950 bits per heavy atom. The molecule has 4 rings (SSSR count). The summed E-state index contributed by atoms with van der Waals surface area (Å²) < 4.78 is 6.12. The molecule has 3 atom stereocenters. The third kappa shape index (κ3) is 1.92. The van der Waals surface area contributed by atoms with Crippen LogP contribution in [0.1, 0.15) is 36.1 Å². The van der Waals surface area contributed by atoms with Gasteiger partial charge in [-0.3, -0.25) is 0 Å². The van der Waals surface area contributed by atoms with E-state index in [0.717, 1.165) is 13.0 Å². The van der Waals surface area contributed by atoms with Crippen molar-refractivity contribution in [2.75, 3.05) is 11.9 Å². The van der Waals surface area contributed by atoms with Crippen molar-refractivity contribution in [3.63, 3.8) is 0 Å². The van der Waals surface area contributed by atoms with Gasteiger partial charge in [-0.05, 0) is 24.5 Å². The van der Waals surface area contributed by atoms with Gasteiger partial charge in [0.2, 0.25) is 0 Å². The first-order valence-corrected chi connectivity index (χ1v) is 7.45. The van der Waals surface area contributed by atoms with Crippen molar-refractivity contribution in [1.82, 2.24) is 0 Å². The van der Waals surface area contributed by atoms with Gasteiger partial charge in [0.05, 0.1) is 12.1 Å². The largest absolute Gasteiger partial charge is 0.378 e. The van der Waals surface area contributed by atoms with E-state index in [4.69, 9.17) is 4.74 Å². The van der Waals surface area contributed by atoms with Crippen molar-refractivity contribution >= 4 is 5.69 Å². The number of nitrogens with one attached hydrogen (secondary N) is 1. The third-order valence-corrected chi connectivity index (χ3v) is 4.53. The number of ether oxygens (including phenoxy) is 1. The molecule has 2 aromatic carbocycles. The Balaban J connectivity index is 1.78. The second-order valence-corrected chi connectivity index (χ2v) is 5.72. The Morgan fingerprint density at radius 2 is 1.75 bits per heavy atom. The Morgan fingerprint density at radius 3 is 2.65 bits per heavy atom. The fraction of sp³-hybridized carbons (Fsp3) is 0.333. The van der Waals surface area contributed by atoms with Crippen molar-refractivity contribution in [1.29, 1.82) is 0 Å². The van der Waals surface area contributed by atoms with Crippen LogP contribution in [0.2, 0.25) is 0 Å². The van der Waals surface area contributed by atoms with Crippen molar-refractivity contribution in [3.05, 3.63) is 65.7 Å². The number of hydrogen-bond acceptors (Lipinski definition) is 2. The maximum absolute atomic E-state index is 6.12. The third-order valence-electron chi connectivity index (χ3n) is 4.53. The predicted molar refractivity (Wildman–Crippen MR) is 80.7 cm³/mol. The SMILES string of the molecule is c1ccc([C@H]2Nc3ccccc3[C@H]3OCCC[C@H]23)cc1. The van der Waals surface area contributed by atoms with E-state index in [2.05, 4.69) is 59.9 Å². The molecule has 2 aromatic rings. The molecule has 0 saturated carbocycles. The Bertz CT molecular complexity index is 595. The number of hydrogen-bond donors (Lipinski definition) is 1. The lowest BCUT2D eigenvalue weighted by Crippen LogP contribution is -2.35. The molecular weight excluding hydrogens is 246 g/mol. The lowest BCUT2D eigenvalue weighted by molar-refractivity contribution is -0.0381. The summed E-state index contributed by atoms with van der Waals surface area (Å²) in [6.45, 7) is 0.886. The van der Waals surface area contributed by atoms with Gasteiger partial charge in [0.25, 0.3) is 0 Å². The summed E-state index contributed by atoms with van der Waals surface area (Å²) in [5, 5.41) is 3.73. The molecule has 0 aliphatic carbocycles. The highest BCUT2D eigenvalue weighted by molar-refractivity contribution is 5.57. The summed E-state index contributed by atoms with van der Waals surface area (Å²) in [5.41, 5.74) is 3.91. The molecule has 2 aliphatic heterocycles. The van der Waals surface area contributed by atoms with Gasteiger partial charge in [-0.2, -0.15) is 0 Å². The van der Waals surface area contributed by atoms with Crippen LogP contribution in [0.25, 0.3) is 0 Å². The molecule has 0 amide bonds. The topological polar surface area (TPSA) is 21.3 Å². The normalized spacial score (nSPS) is 28.1. The first-order chi connectivity index (χ1) is 9.93. The molecule has 0 aromatic heterocycles. The summed E-state index contributed by atoms with van der Waals surface area (Å²) in [5.74, 6) is 0.529. The van der Waals surface area contributed by atoms with E-state index in [1.165, 1.54) is 23.2 Å². The molecule has 2 nitrogen and oxygen atoms in total. The lowest BCUT2D eigenvalue weighted by atomic mass is 9.77. The van der Waals surface area contributed by atoms with Crippen molar-refractivity contribution in [3.8, 4) is 0 Å². The quantitative estimate of drug-likeness (QED) is 0.829. The zero-order chi connectivity index (χ0) is 13.4. The molecule has 1 fully saturated rings. The number of anilines is 1. The molecule has 2 heterocycles. The van der Waals surface area contributed by atoms with Gasteiger partial charge in [-0.25, -0.2) is 0 Å². The molecule has 0 bridgehead atoms. The zero-order valence-corrected chi connectivity index (χ0v) is 11.5. The summed E-state index contributed by atoms with van der Waals surface area (Å²) in [7, 11) is 0. The van der Waals surface area contributed by atoms with Crippen LogP contribution in [-0.4, -0.2) is 6.61 Å². The van der Waals surface area contributed by atoms with E-state index in [0.29, 0.717) is 12.0 Å². The minimum Gasteiger partial charge on any atom is -0.378 e. The highest BCUT2D eigenvalue weighted by Crippen LogP contribution is 2.48. The maximum Gasteiger partial charge on any atom is 0.0895 e. The Kier molecular flexibility index (Phi) is 2.96. The molecule has 0 unspecified atom stereocenters. The summed E-state index contributed by atoms with van der Waals surface area (Å²) in [6, 6.07) is 19.7. The molecule has 20 heavy (non-hydrogen) atoms. The number of benzene rings is 2. The average molecular weight is 265 g/mol. The molecule has 1 saturated heterocycles. The molecule has 2 heteroatoms. The van der Waals surface area contributed by atoms with Crippen LogP contribution in [0.4, 0.5) is 5.69 Å². The van der Waals surface area contributed by atoms with Crippen LogP contribution in [0, 0.1) is 5.92 Å². The van der Waals surface area contributed by atoms with E-state index in [9.17, 15) is 0 Å². The summed E-state index contributed by atoms with van der Waals surface area (Å²) in [6.07, 6.45) is 2.63. The minimum absolute atomic E-state index is 0.242. The minimum atomic E-state index is 0.242. The monoisotopic (exact) mass is 265 g/mol. The highest BCUT2D eigenvalue weighted by atomic mass is 16.5. The van der Waals surface area contributed by atoms with E-state index in [1.807, 2.05) is 0 Å². The van der Waals surface area contributed by atoms with Gasteiger partial charge < -0.3 is 10.1 Å². The second kappa shape index (κ2) is 4.95. The molecule has 102 valence electrons. The standard InChI is InChI=1S/C18H19NO/c1-2-7-13(8-3-1)17-15-10-6-12-20-18(15)14-9-4-5-11-16(14)19-17/h1-5,7-9,11,15,17-19H,6,10,12H2/t15-,17-,18-/m1/s1. The maximum atomic E-state index is 6.12. The Labute approximate surface area is 119 Å². The fourth-order valence-electron chi connectivity index (χ4n) is 3.61. The van der Waals surface area contributed by atoms with Gasteiger partial charge in [0.15, 0.2) is 0 Å². The van der Waals surface area contributed by atoms with Crippen molar-refractivity contribution in [2.45, 2.75) is 25.0 Å². The molecule has 0 radical (unpaired) electrons. The van der Waals surface area contributed by atoms with Gasteiger partial charge >= 0.3 is 0 Å². The van der Waals surface area contributed by atoms with Crippen LogP contribution < -0.4 is 5.32 Å². The molecule has 2 aliphatic rings. The molecule has 0 spiro atoms. The van der Waals surface area contributed by atoms with Crippen LogP contribution in [-0.2, 0) is 4.74 Å². The number of para-hydroxylation sites is 1. The van der Waals surface area contributed by atoms with E-state index in [1.54, 1.807) is 0 Å². The van der Waals surface area contributed by atoms with Crippen molar-refractivity contribution in [2.24, 2.45) is 5.92 Å². The first-order valence-electron chi connectivity index (χ1n) is 7.45. The predicted octanol–water partition coefficient (Wildman–Crippen LogP) is 4.32. The van der Waals surface area contributed by atoms with Crippen LogP contribution in [0.5, 0.6) is 0 Å². The van der Waals surface area contributed by atoms with E-state index in [-0.39, 0.29) is 6.10 Å². The van der Waals surface area contributed by atoms with Gasteiger partial charge in [0.1, 0.15) is 0 Å². The Hall–Kier alpha value is -1.80. The average Bonchev–Trinajstić information content (AvgIpc) is 2.55. The van der Waals surface area contributed by atoms with Gasteiger partial charge in [0, 0.05) is 23.8 Å². The smallest absolute Gasteiger partial charge is 0.0895 e. The molecular formula is C18H19NO. The summed E-state index contributed by atoms with van der Waals surface area (Å²) >= 11 is 0. The second-order valence-electron chi connectivity index (χ2n) is 5.72. The van der Waals surface area contributed by atoms with Crippen LogP contribution in [0.15, 0.2) is 54.6 Å². The first kappa shape index (κ1) is 12.0. The fourth-order valence-corrected chi connectivity index (χ4v) is 3.61. The van der Waals surface area contributed by atoms with Gasteiger partial charge in [-0.1, -0.05) is 48.5 Å². The van der Waals surface area contributed by atoms with E-state index < -0.39 is 0 Å². The number of fused-ring (bicyclic) bond motifs is 3. The van der Waals surface area contributed by atoms with E-state index >= 15 is 0 Å². The lowest BCUT2D eigenvalue weighted by Gasteiger charge is -2.43. The van der Waals surface area contributed by atoms with Gasteiger partial charge in [-0.15, -0.1) is 0 Å². The number of rotatable bonds is 1. The van der Waals surface area contributed by atoms with Crippen molar-refractivity contribution < 1.29 is 4.74 Å². The molecule has 1 N–H and O–H groups in total. The van der Waals surface area contributed by atoms with Crippen LogP contribution in [0.3, 0.4) is 0 Å². The van der Waals surface area contributed by atoms with Crippen LogP contribution >= 0.6 is 0 Å².